The fourth-order valence-electron chi connectivity index (χ4n) is 1.76. The van der Waals surface area contributed by atoms with Gasteiger partial charge in [0.25, 0.3) is 5.91 Å². The molecule has 0 aromatic carbocycles. The highest BCUT2D eigenvalue weighted by molar-refractivity contribution is 5.91. The van der Waals surface area contributed by atoms with E-state index in [2.05, 4.69) is 53.3 Å². The second-order valence-corrected chi connectivity index (χ2v) is 5.21. The van der Waals surface area contributed by atoms with Crippen molar-refractivity contribution in [2.45, 2.75) is 39.7 Å². The maximum absolute atomic E-state index is 11.9. The molecule has 0 aliphatic carbocycles. The van der Waals surface area contributed by atoms with Gasteiger partial charge in [0.2, 0.25) is 0 Å². The van der Waals surface area contributed by atoms with Crippen LogP contribution in [0.25, 0.3) is 0 Å². The number of likely N-dealkylation sites (N-methyl/N-ethyl adjacent to an activating group) is 1. The van der Waals surface area contributed by atoms with Crippen molar-refractivity contribution in [3.05, 3.63) is 18.1 Å². The van der Waals surface area contributed by atoms with Crippen LogP contribution >= 0.6 is 0 Å². The van der Waals surface area contributed by atoms with Crippen LogP contribution in [0, 0.1) is 0 Å². The summed E-state index contributed by atoms with van der Waals surface area (Å²) in [7, 11) is 2.06. The van der Waals surface area contributed by atoms with Crippen LogP contribution < -0.4 is 10.6 Å². The van der Waals surface area contributed by atoms with Crippen molar-refractivity contribution < 1.29 is 4.79 Å². The van der Waals surface area contributed by atoms with Crippen molar-refractivity contribution in [1.29, 1.82) is 0 Å². The molecule has 1 heterocycles. The molecule has 0 radical (unpaired) electrons. The third-order valence-corrected chi connectivity index (χ3v) is 3.53. The van der Waals surface area contributed by atoms with Crippen molar-refractivity contribution in [1.82, 2.24) is 20.2 Å². The van der Waals surface area contributed by atoms with E-state index >= 15 is 0 Å². The topological polar surface area (TPSA) is 70.2 Å². The number of hydrogen-bond donors (Lipinski definition) is 2. The van der Waals surface area contributed by atoms with Crippen LogP contribution in [-0.2, 0) is 0 Å². The lowest BCUT2D eigenvalue weighted by Crippen LogP contribution is -2.37. The minimum Gasteiger partial charge on any atom is -0.369 e. The molecular formula is C15H27N5O. The van der Waals surface area contributed by atoms with Crippen molar-refractivity contribution in [2.24, 2.45) is 0 Å². The van der Waals surface area contributed by atoms with E-state index in [0.717, 1.165) is 25.9 Å². The third kappa shape index (κ3) is 6.08. The number of aromatic nitrogens is 2. The number of nitrogens with zero attached hydrogens (tertiary/aromatic N) is 3. The van der Waals surface area contributed by atoms with Crippen molar-refractivity contribution >= 4 is 11.7 Å². The normalized spacial score (nSPS) is 12.2. The Kier molecular flexibility index (Phi) is 7.68. The number of rotatable bonds is 9. The molecule has 1 aromatic heterocycles. The minimum absolute atomic E-state index is 0.179. The number of hydrogen-bond acceptors (Lipinski definition) is 5. The summed E-state index contributed by atoms with van der Waals surface area (Å²) in [6, 6.07) is 0.519. The van der Waals surface area contributed by atoms with E-state index in [1.54, 1.807) is 6.20 Å². The van der Waals surface area contributed by atoms with Gasteiger partial charge in [-0.3, -0.25) is 4.79 Å². The van der Waals surface area contributed by atoms with E-state index in [1.807, 2.05) is 0 Å². The molecule has 21 heavy (non-hydrogen) atoms. The average Bonchev–Trinajstić information content (AvgIpc) is 2.52. The molecule has 0 spiro atoms. The largest absolute Gasteiger partial charge is 0.369 e. The van der Waals surface area contributed by atoms with Gasteiger partial charge in [0.15, 0.2) is 0 Å². The summed E-state index contributed by atoms with van der Waals surface area (Å²) in [5.74, 6) is 0.520. The number of carbonyl (C=O) groups excluding carboxylic acids is 1. The van der Waals surface area contributed by atoms with Crippen molar-refractivity contribution in [3.63, 3.8) is 0 Å². The molecule has 1 unspecified atom stereocenters. The number of anilines is 1. The van der Waals surface area contributed by atoms with Crippen LogP contribution in [0.15, 0.2) is 12.4 Å². The van der Waals surface area contributed by atoms with Gasteiger partial charge in [0, 0.05) is 25.7 Å². The third-order valence-electron chi connectivity index (χ3n) is 3.53. The van der Waals surface area contributed by atoms with E-state index in [4.69, 9.17) is 0 Å². The highest BCUT2D eigenvalue weighted by atomic mass is 16.1. The molecule has 6 heteroatoms. The van der Waals surface area contributed by atoms with E-state index in [9.17, 15) is 4.79 Å². The second-order valence-electron chi connectivity index (χ2n) is 5.21. The van der Waals surface area contributed by atoms with Gasteiger partial charge in [-0.05, 0) is 26.8 Å². The number of carbonyl (C=O) groups is 1. The molecule has 1 aromatic rings. The predicted molar refractivity (Wildman–Crippen MR) is 85.5 cm³/mol. The van der Waals surface area contributed by atoms with Gasteiger partial charge < -0.3 is 15.5 Å². The van der Waals surface area contributed by atoms with Gasteiger partial charge >= 0.3 is 0 Å². The Morgan fingerprint density at radius 3 is 2.62 bits per heavy atom. The summed E-state index contributed by atoms with van der Waals surface area (Å²) in [4.78, 5) is 22.5. The van der Waals surface area contributed by atoms with Crippen LogP contribution in [0.4, 0.5) is 5.82 Å². The van der Waals surface area contributed by atoms with Crippen LogP contribution in [0.1, 0.15) is 44.1 Å². The zero-order chi connectivity index (χ0) is 15.7. The molecular weight excluding hydrogens is 266 g/mol. The summed E-state index contributed by atoms with van der Waals surface area (Å²) in [6.45, 7) is 8.70. The monoisotopic (exact) mass is 293 g/mol. The zero-order valence-corrected chi connectivity index (χ0v) is 13.5. The smallest absolute Gasteiger partial charge is 0.271 e. The number of nitrogens with one attached hydrogen (secondary N) is 2. The first-order valence-electron chi connectivity index (χ1n) is 7.62. The predicted octanol–water partition coefficient (Wildman–Crippen LogP) is 1.76. The maximum Gasteiger partial charge on any atom is 0.271 e. The Labute approximate surface area is 127 Å². The summed E-state index contributed by atoms with van der Waals surface area (Å²) >= 11 is 0. The van der Waals surface area contributed by atoms with Gasteiger partial charge in [-0.1, -0.05) is 13.8 Å². The molecule has 0 saturated carbocycles. The summed E-state index contributed by atoms with van der Waals surface area (Å²) < 4.78 is 0. The lowest BCUT2D eigenvalue weighted by atomic mass is 10.2. The van der Waals surface area contributed by atoms with E-state index in [0.29, 0.717) is 24.1 Å². The Hall–Kier alpha value is -1.69. The highest BCUT2D eigenvalue weighted by Crippen LogP contribution is 2.01. The average molecular weight is 293 g/mol. The fraction of sp³-hybridized carbons (Fsp3) is 0.667. The molecule has 118 valence electrons. The standard InChI is InChI=1S/C15H27N5O/c1-5-7-16-14-11-18-13(10-19-14)15(21)17-8-9-20(4)12(3)6-2/h10-12H,5-9H2,1-4H3,(H,16,19)(H,17,21). The van der Waals surface area contributed by atoms with Gasteiger partial charge in [0.05, 0.1) is 12.4 Å². The number of amides is 1. The minimum atomic E-state index is -0.179. The lowest BCUT2D eigenvalue weighted by Gasteiger charge is -2.23. The molecule has 1 amide bonds. The second kappa shape index (κ2) is 9.28. The van der Waals surface area contributed by atoms with Crippen molar-refractivity contribution in [3.8, 4) is 0 Å². The lowest BCUT2D eigenvalue weighted by molar-refractivity contribution is 0.0942. The van der Waals surface area contributed by atoms with Gasteiger partial charge in [-0.2, -0.15) is 0 Å². The molecule has 1 atom stereocenters. The molecule has 0 saturated heterocycles. The first-order valence-corrected chi connectivity index (χ1v) is 7.62. The quantitative estimate of drug-likeness (QED) is 0.726. The van der Waals surface area contributed by atoms with Gasteiger partial charge in [0.1, 0.15) is 11.5 Å². The zero-order valence-electron chi connectivity index (χ0n) is 13.5. The van der Waals surface area contributed by atoms with E-state index in [1.165, 1.54) is 6.20 Å². The van der Waals surface area contributed by atoms with Crippen molar-refractivity contribution in [2.75, 3.05) is 32.0 Å². The fourth-order valence-corrected chi connectivity index (χ4v) is 1.76. The van der Waals surface area contributed by atoms with Crippen LogP contribution in [0.2, 0.25) is 0 Å². The van der Waals surface area contributed by atoms with Gasteiger partial charge in [-0.25, -0.2) is 9.97 Å². The van der Waals surface area contributed by atoms with E-state index < -0.39 is 0 Å². The molecule has 0 fully saturated rings. The summed E-state index contributed by atoms with van der Waals surface area (Å²) in [5, 5.41) is 5.99. The molecule has 1 rings (SSSR count). The molecule has 2 N–H and O–H groups in total. The summed E-state index contributed by atoms with van der Waals surface area (Å²) in [6.07, 6.45) is 5.22. The first-order chi connectivity index (χ1) is 10.1. The highest BCUT2D eigenvalue weighted by Gasteiger charge is 2.09. The molecule has 0 aliphatic heterocycles. The SMILES string of the molecule is CCCNc1cnc(C(=O)NCCN(C)C(C)CC)cn1. The molecule has 0 bridgehead atoms. The van der Waals surface area contributed by atoms with Crippen LogP contribution in [0.3, 0.4) is 0 Å². The Balaban J connectivity index is 2.38. The maximum atomic E-state index is 11.9. The summed E-state index contributed by atoms with van der Waals surface area (Å²) in [5.41, 5.74) is 0.350. The Morgan fingerprint density at radius 2 is 2.05 bits per heavy atom. The Morgan fingerprint density at radius 1 is 1.29 bits per heavy atom. The van der Waals surface area contributed by atoms with E-state index in [-0.39, 0.29) is 5.91 Å². The van der Waals surface area contributed by atoms with Crippen LogP contribution in [-0.4, -0.2) is 53.5 Å². The Bertz CT molecular complexity index is 421. The first kappa shape index (κ1) is 17.4. The molecule has 0 aliphatic rings. The van der Waals surface area contributed by atoms with Crippen LogP contribution in [0.5, 0.6) is 0 Å². The van der Waals surface area contributed by atoms with Gasteiger partial charge in [-0.15, -0.1) is 0 Å². The molecule has 6 nitrogen and oxygen atoms in total.